The maximum absolute atomic E-state index is 11.1. The maximum Gasteiger partial charge on any atom is 0.337 e. The molecule has 5 nitrogen and oxygen atoms in total. The van der Waals surface area contributed by atoms with Crippen LogP contribution in [0, 0.1) is 0 Å². The van der Waals surface area contributed by atoms with Crippen LogP contribution in [0.2, 0.25) is 0 Å². The minimum atomic E-state index is -1.06. The van der Waals surface area contributed by atoms with Gasteiger partial charge in [0, 0.05) is 12.2 Å². The molecule has 17 heavy (non-hydrogen) atoms. The highest BCUT2D eigenvalue weighted by Gasteiger charge is 2.24. The summed E-state index contributed by atoms with van der Waals surface area (Å²) < 4.78 is 15.4. The van der Waals surface area contributed by atoms with Gasteiger partial charge in [-0.25, -0.2) is 4.79 Å². The second-order valence-electron chi connectivity index (χ2n) is 3.28. The molecular weight excluding hydrogens is 224 g/mol. The van der Waals surface area contributed by atoms with Crippen LogP contribution in [0.4, 0.5) is 0 Å². The minimum Gasteiger partial charge on any atom is -0.497 e. The first-order valence-electron chi connectivity index (χ1n) is 5.20. The highest BCUT2D eigenvalue weighted by Crippen LogP contribution is 2.31. The average molecular weight is 240 g/mol. The molecule has 0 aliphatic heterocycles. The van der Waals surface area contributed by atoms with Crippen molar-refractivity contribution in [2.24, 2.45) is 0 Å². The number of carbonyl (C=O) groups is 1. The van der Waals surface area contributed by atoms with E-state index < -0.39 is 12.1 Å². The summed E-state index contributed by atoms with van der Waals surface area (Å²) in [5.74, 6) is -0.0307. The Labute approximate surface area is 99.9 Å². The number of rotatable bonds is 6. The molecule has 0 saturated heterocycles. The monoisotopic (exact) mass is 240 g/mol. The van der Waals surface area contributed by atoms with Gasteiger partial charge in [0.1, 0.15) is 11.5 Å². The number of methoxy groups -OCH3 is 2. The van der Waals surface area contributed by atoms with E-state index >= 15 is 0 Å². The lowest BCUT2D eigenvalue weighted by atomic mass is 10.1. The van der Waals surface area contributed by atoms with Crippen molar-refractivity contribution in [3.05, 3.63) is 23.8 Å². The van der Waals surface area contributed by atoms with E-state index in [1.54, 1.807) is 25.1 Å². The molecule has 0 aliphatic carbocycles. The molecule has 0 radical (unpaired) electrons. The fourth-order valence-corrected chi connectivity index (χ4v) is 1.51. The molecule has 94 valence electrons. The Morgan fingerprint density at radius 2 is 2.06 bits per heavy atom. The molecule has 5 heteroatoms. The number of aliphatic carboxylic acids is 1. The summed E-state index contributed by atoms with van der Waals surface area (Å²) >= 11 is 0. The van der Waals surface area contributed by atoms with Gasteiger partial charge < -0.3 is 19.3 Å². The van der Waals surface area contributed by atoms with Gasteiger partial charge in [0.2, 0.25) is 0 Å². The molecule has 1 unspecified atom stereocenters. The van der Waals surface area contributed by atoms with E-state index in [0.29, 0.717) is 23.7 Å². The van der Waals surface area contributed by atoms with Gasteiger partial charge in [0.15, 0.2) is 6.10 Å². The minimum absolute atomic E-state index is 0.303. The van der Waals surface area contributed by atoms with Crippen molar-refractivity contribution in [2.75, 3.05) is 20.8 Å². The third kappa shape index (κ3) is 3.10. The van der Waals surface area contributed by atoms with Crippen molar-refractivity contribution in [1.82, 2.24) is 0 Å². The van der Waals surface area contributed by atoms with Crippen molar-refractivity contribution >= 4 is 5.97 Å². The Balaban J connectivity index is 3.18. The first kappa shape index (κ1) is 13.3. The van der Waals surface area contributed by atoms with Crippen LogP contribution in [0.5, 0.6) is 11.5 Å². The molecule has 1 atom stereocenters. The van der Waals surface area contributed by atoms with Crippen molar-refractivity contribution in [1.29, 1.82) is 0 Å². The van der Waals surface area contributed by atoms with Gasteiger partial charge in [0.25, 0.3) is 0 Å². The SMILES string of the molecule is CCOC(C(=O)O)c1cc(OC)ccc1OC. The normalized spacial score (nSPS) is 11.9. The molecule has 1 aromatic carbocycles. The summed E-state index contributed by atoms with van der Waals surface area (Å²) in [5.41, 5.74) is 0.446. The van der Waals surface area contributed by atoms with Gasteiger partial charge in [-0.2, -0.15) is 0 Å². The Bertz CT molecular complexity index is 388. The van der Waals surface area contributed by atoms with Crippen LogP contribution in [-0.2, 0) is 9.53 Å². The lowest BCUT2D eigenvalue weighted by molar-refractivity contribution is -0.150. The Morgan fingerprint density at radius 1 is 1.35 bits per heavy atom. The van der Waals surface area contributed by atoms with Crippen LogP contribution >= 0.6 is 0 Å². The highest BCUT2D eigenvalue weighted by atomic mass is 16.5. The van der Waals surface area contributed by atoms with Crippen LogP contribution in [-0.4, -0.2) is 31.9 Å². The van der Waals surface area contributed by atoms with Gasteiger partial charge in [-0.1, -0.05) is 0 Å². The van der Waals surface area contributed by atoms with Gasteiger partial charge in [-0.15, -0.1) is 0 Å². The van der Waals surface area contributed by atoms with Crippen LogP contribution in [0.1, 0.15) is 18.6 Å². The third-order valence-electron chi connectivity index (χ3n) is 2.28. The number of carboxylic acid groups (broad SMARTS) is 1. The lowest BCUT2D eigenvalue weighted by Crippen LogP contribution is -2.16. The molecule has 1 aromatic rings. The lowest BCUT2D eigenvalue weighted by Gasteiger charge is -2.16. The summed E-state index contributed by atoms with van der Waals surface area (Å²) in [6.45, 7) is 2.04. The molecule has 0 aliphatic rings. The molecule has 0 saturated carbocycles. The Kier molecular flexibility index (Phi) is 4.78. The van der Waals surface area contributed by atoms with Crippen molar-refractivity contribution in [2.45, 2.75) is 13.0 Å². The zero-order valence-corrected chi connectivity index (χ0v) is 10.1. The van der Waals surface area contributed by atoms with Crippen molar-refractivity contribution < 1.29 is 24.1 Å². The highest BCUT2D eigenvalue weighted by molar-refractivity contribution is 5.75. The summed E-state index contributed by atoms with van der Waals surface area (Å²) in [4.78, 5) is 11.1. The largest absolute Gasteiger partial charge is 0.497 e. The quantitative estimate of drug-likeness (QED) is 0.822. The van der Waals surface area contributed by atoms with Crippen LogP contribution in [0.15, 0.2) is 18.2 Å². The van der Waals surface area contributed by atoms with E-state index in [4.69, 9.17) is 19.3 Å². The molecule has 1 rings (SSSR count). The maximum atomic E-state index is 11.1. The van der Waals surface area contributed by atoms with Gasteiger partial charge in [-0.05, 0) is 25.1 Å². The summed E-state index contributed by atoms with van der Waals surface area (Å²) in [6, 6.07) is 4.96. The number of ether oxygens (including phenoxy) is 3. The zero-order valence-electron chi connectivity index (χ0n) is 10.1. The molecule has 1 N–H and O–H groups in total. The van der Waals surface area contributed by atoms with E-state index in [2.05, 4.69) is 0 Å². The molecular formula is C12H16O5. The topological polar surface area (TPSA) is 65.0 Å². The van der Waals surface area contributed by atoms with E-state index in [-0.39, 0.29) is 0 Å². The zero-order chi connectivity index (χ0) is 12.8. The van der Waals surface area contributed by atoms with Crippen molar-refractivity contribution in [3.63, 3.8) is 0 Å². The molecule has 0 bridgehead atoms. The number of hydrogen-bond donors (Lipinski definition) is 1. The number of carboxylic acids is 1. The molecule has 0 aromatic heterocycles. The Morgan fingerprint density at radius 3 is 2.53 bits per heavy atom. The fourth-order valence-electron chi connectivity index (χ4n) is 1.51. The summed E-state index contributed by atoms with van der Waals surface area (Å²) in [5, 5.41) is 9.12. The summed E-state index contributed by atoms with van der Waals surface area (Å²) in [7, 11) is 3.00. The van der Waals surface area contributed by atoms with Crippen LogP contribution in [0.25, 0.3) is 0 Å². The molecule has 0 fully saturated rings. The smallest absolute Gasteiger partial charge is 0.337 e. The van der Waals surface area contributed by atoms with Gasteiger partial charge in [0.05, 0.1) is 14.2 Å². The average Bonchev–Trinajstić information content (AvgIpc) is 2.34. The van der Waals surface area contributed by atoms with Crippen LogP contribution in [0.3, 0.4) is 0 Å². The van der Waals surface area contributed by atoms with Crippen LogP contribution < -0.4 is 9.47 Å². The fraction of sp³-hybridized carbons (Fsp3) is 0.417. The summed E-state index contributed by atoms with van der Waals surface area (Å²) in [6.07, 6.45) is -1.05. The second-order valence-corrected chi connectivity index (χ2v) is 3.28. The second kappa shape index (κ2) is 6.10. The number of benzene rings is 1. The van der Waals surface area contributed by atoms with E-state index in [0.717, 1.165) is 0 Å². The predicted molar refractivity (Wildman–Crippen MR) is 61.5 cm³/mol. The van der Waals surface area contributed by atoms with E-state index in [1.165, 1.54) is 14.2 Å². The van der Waals surface area contributed by atoms with E-state index in [1.807, 2.05) is 0 Å². The van der Waals surface area contributed by atoms with Gasteiger partial charge >= 0.3 is 5.97 Å². The Hall–Kier alpha value is -1.75. The molecule has 0 amide bonds. The third-order valence-corrected chi connectivity index (χ3v) is 2.28. The predicted octanol–water partition coefficient (Wildman–Crippen LogP) is 1.87. The van der Waals surface area contributed by atoms with Crippen molar-refractivity contribution in [3.8, 4) is 11.5 Å². The first-order valence-corrected chi connectivity index (χ1v) is 5.20. The first-order chi connectivity index (χ1) is 8.13. The standard InChI is InChI=1S/C12H16O5/c1-4-17-11(12(13)14)9-7-8(15-2)5-6-10(9)16-3/h5-7,11H,4H2,1-3H3,(H,13,14). The molecule has 0 spiro atoms. The van der Waals surface area contributed by atoms with E-state index in [9.17, 15) is 4.79 Å². The number of hydrogen-bond acceptors (Lipinski definition) is 4. The van der Waals surface area contributed by atoms with Gasteiger partial charge in [-0.3, -0.25) is 0 Å². The molecule has 0 heterocycles.